The molecule has 0 saturated carbocycles. The van der Waals surface area contributed by atoms with Crippen LogP contribution >= 0.6 is 0 Å². The number of hydrogen-bond donors (Lipinski definition) is 0. The molecule has 1 aliphatic heterocycles. The smallest absolute Gasteiger partial charge is 0.344 e. The first-order valence-corrected chi connectivity index (χ1v) is 10.4. The number of carbonyl (C=O) groups is 2. The van der Waals surface area contributed by atoms with E-state index in [9.17, 15) is 18.0 Å². The second-order valence-corrected chi connectivity index (χ2v) is 8.24. The highest BCUT2D eigenvalue weighted by molar-refractivity contribution is 7.91. The Kier molecular flexibility index (Phi) is 6.96. The molecule has 1 atom stereocenters. The minimum atomic E-state index is -3.10. The molecule has 9 heteroatoms. The van der Waals surface area contributed by atoms with Crippen LogP contribution in [-0.4, -0.2) is 67.5 Å². The Morgan fingerprint density at radius 2 is 2.12 bits per heavy atom. The van der Waals surface area contributed by atoms with Gasteiger partial charge in [0.05, 0.1) is 18.1 Å². The largest absolute Gasteiger partial charge is 0.477 e. The van der Waals surface area contributed by atoms with Gasteiger partial charge in [-0.2, -0.15) is 0 Å². The highest BCUT2D eigenvalue weighted by Gasteiger charge is 2.34. The summed E-state index contributed by atoms with van der Waals surface area (Å²) in [5.41, 5.74) is 0.146. The Bertz CT molecular complexity index is 749. The Hall–Kier alpha value is -2.16. The first-order valence-electron chi connectivity index (χ1n) is 8.62. The van der Waals surface area contributed by atoms with Gasteiger partial charge in [-0.3, -0.25) is 4.79 Å². The van der Waals surface area contributed by atoms with Gasteiger partial charge >= 0.3 is 5.97 Å². The first kappa shape index (κ1) is 20.2. The molecule has 0 N–H and O–H groups in total. The molecule has 0 radical (unpaired) electrons. The lowest BCUT2D eigenvalue weighted by molar-refractivity contribution is -0.136. The molecular weight excluding hydrogens is 360 g/mol. The predicted molar refractivity (Wildman–Crippen MR) is 94.8 cm³/mol. The molecule has 1 saturated heterocycles. The van der Waals surface area contributed by atoms with Crippen molar-refractivity contribution in [3.8, 4) is 5.88 Å². The normalized spacial score (nSPS) is 18.3. The van der Waals surface area contributed by atoms with E-state index in [-0.39, 0.29) is 29.0 Å². The van der Waals surface area contributed by atoms with Gasteiger partial charge in [0.25, 0.3) is 5.91 Å². The minimum Gasteiger partial charge on any atom is -0.477 e. The topological polar surface area (TPSA) is 103 Å². The van der Waals surface area contributed by atoms with E-state index in [0.29, 0.717) is 26.0 Å². The zero-order chi connectivity index (χ0) is 19.2. The Morgan fingerprint density at radius 3 is 2.73 bits per heavy atom. The number of hydrogen-bond acceptors (Lipinski definition) is 7. The van der Waals surface area contributed by atoms with Crippen LogP contribution in [0.1, 0.15) is 37.0 Å². The number of amides is 1. The van der Waals surface area contributed by atoms with Crippen LogP contribution in [0.2, 0.25) is 0 Å². The predicted octanol–water partition coefficient (Wildman–Crippen LogP) is 1.06. The third-order valence-corrected chi connectivity index (χ3v) is 5.78. The summed E-state index contributed by atoms with van der Waals surface area (Å²) >= 11 is 0. The number of pyridine rings is 1. The maximum absolute atomic E-state index is 12.5. The average Bonchev–Trinajstić information content (AvgIpc) is 2.97. The van der Waals surface area contributed by atoms with Crippen LogP contribution in [0, 0.1) is 0 Å². The van der Waals surface area contributed by atoms with Crippen molar-refractivity contribution >= 4 is 21.7 Å². The molecule has 1 fully saturated rings. The summed E-state index contributed by atoms with van der Waals surface area (Å²) in [6.45, 7) is 3.99. The Morgan fingerprint density at radius 1 is 1.35 bits per heavy atom. The van der Waals surface area contributed by atoms with Crippen LogP contribution in [-0.2, 0) is 19.4 Å². The summed E-state index contributed by atoms with van der Waals surface area (Å²) in [4.78, 5) is 30.2. The molecule has 2 heterocycles. The number of esters is 1. The molecule has 8 nitrogen and oxygen atoms in total. The molecule has 1 amide bonds. The van der Waals surface area contributed by atoms with Gasteiger partial charge in [-0.1, -0.05) is 6.92 Å². The molecule has 0 aromatic carbocycles. The third kappa shape index (κ3) is 5.17. The van der Waals surface area contributed by atoms with E-state index in [0.717, 1.165) is 0 Å². The summed E-state index contributed by atoms with van der Waals surface area (Å²) in [6.07, 6.45) is 2.60. The van der Waals surface area contributed by atoms with Crippen molar-refractivity contribution in [1.29, 1.82) is 0 Å². The quantitative estimate of drug-likeness (QED) is 0.618. The summed E-state index contributed by atoms with van der Waals surface area (Å²) in [7, 11) is -3.10. The van der Waals surface area contributed by atoms with Gasteiger partial charge in [-0.15, -0.1) is 0 Å². The van der Waals surface area contributed by atoms with Crippen LogP contribution in [0.5, 0.6) is 5.88 Å². The standard InChI is InChI=1S/C17H24N2O6S/c1-3-9-19(13-7-10-26(22,23)12-13)15(20)11-25-17(21)14-6-5-8-18-16(14)24-4-2/h5-6,8,13H,3-4,7,9-12H2,1-2H3/t13-/m1/s1. The SMILES string of the molecule is CCCN(C(=O)COC(=O)c1cccnc1OCC)[C@@H]1CCS(=O)(=O)C1. The number of rotatable bonds is 8. The van der Waals surface area contributed by atoms with Crippen LogP contribution in [0.25, 0.3) is 0 Å². The number of nitrogens with zero attached hydrogens (tertiary/aromatic N) is 2. The molecule has 1 aromatic rings. The molecule has 0 aliphatic carbocycles. The van der Waals surface area contributed by atoms with Crippen molar-refractivity contribution in [2.75, 3.05) is 31.3 Å². The highest BCUT2D eigenvalue weighted by atomic mass is 32.2. The maximum Gasteiger partial charge on any atom is 0.344 e. The fourth-order valence-electron chi connectivity index (χ4n) is 2.86. The first-order chi connectivity index (χ1) is 12.4. The van der Waals surface area contributed by atoms with Crippen molar-refractivity contribution < 1.29 is 27.5 Å². The van der Waals surface area contributed by atoms with Crippen LogP contribution in [0.4, 0.5) is 0 Å². The van der Waals surface area contributed by atoms with E-state index in [1.54, 1.807) is 13.0 Å². The Balaban J connectivity index is 2.00. The van der Waals surface area contributed by atoms with Crippen molar-refractivity contribution in [3.05, 3.63) is 23.9 Å². The Labute approximate surface area is 153 Å². The van der Waals surface area contributed by atoms with Gasteiger partial charge in [-0.05, 0) is 31.9 Å². The van der Waals surface area contributed by atoms with E-state index in [1.165, 1.54) is 17.2 Å². The molecule has 1 aliphatic rings. The second kappa shape index (κ2) is 8.98. The number of sulfone groups is 1. The zero-order valence-electron chi connectivity index (χ0n) is 15.0. The molecule has 144 valence electrons. The fourth-order valence-corrected chi connectivity index (χ4v) is 4.59. The maximum atomic E-state index is 12.5. The van der Waals surface area contributed by atoms with Gasteiger partial charge in [0.1, 0.15) is 5.56 Å². The zero-order valence-corrected chi connectivity index (χ0v) is 15.8. The monoisotopic (exact) mass is 384 g/mol. The van der Waals surface area contributed by atoms with Crippen LogP contribution in [0.15, 0.2) is 18.3 Å². The molecule has 0 unspecified atom stereocenters. The van der Waals surface area contributed by atoms with Crippen LogP contribution in [0.3, 0.4) is 0 Å². The molecule has 0 spiro atoms. The molecule has 26 heavy (non-hydrogen) atoms. The lowest BCUT2D eigenvalue weighted by Crippen LogP contribution is -2.43. The lowest BCUT2D eigenvalue weighted by Gasteiger charge is -2.27. The third-order valence-electron chi connectivity index (χ3n) is 4.03. The average molecular weight is 384 g/mol. The van der Waals surface area contributed by atoms with E-state index in [2.05, 4.69) is 4.98 Å². The van der Waals surface area contributed by atoms with E-state index in [1.807, 2.05) is 6.92 Å². The summed E-state index contributed by atoms with van der Waals surface area (Å²) in [5, 5.41) is 0. The number of aromatic nitrogens is 1. The molecular formula is C17H24N2O6S. The van der Waals surface area contributed by atoms with Gasteiger partial charge in [0.15, 0.2) is 16.4 Å². The van der Waals surface area contributed by atoms with Crippen molar-refractivity contribution in [1.82, 2.24) is 9.88 Å². The van der Waals surface area contributed by atoms with Gasteiger partial charge in [0, 0.05) is 18.8 Å². The molecule has 1 aromatic heterocycles. The number of carbonyl (C=O) groups excluding carboxylic acids is 2. The summed E-state index contributed by atoms with van der Waals surface area (Å²) in [6, 6.07) is 2.73. The van der Waals surface area contributed by atoms with Crippen LogP contribution < -0.4 is 4.74 Å². The second-order valence-electron chi connectivity index (χ2n) is 6.01. The highest BCUT2D eigenvalue weighted by Crippen LogP contribution is 2.19. The number of ether oxygens (including phenoxy) is 2. The summed E-state index contributed by atoms with van der Waals surface area (Å²) < 4.78 is 33.8. The van der Waals surface area contributed by atoms with Crippen molar-refractivity contribution in [3.63, 3.8) is 0 Å². The van der Waals surface area contributed by atoms with Crippen molar-refractivity contribution in [2.24, 2.45) is 0 Å². The molecule has 0 bridgehead atoms. The van der Waals surface area contributed by atoms with E-state index >= 15 is 0 Å². The minimum absolute atomic E-state index is 0.0379. The van der Waals surface area contributed by atoms with Crippen molar-refractivity contribution in [2.45, 2.75) is 32.7 Å². The fraction of sp³-hybridized carbons (Fsp3) is 0.588. The van der Waals surface area contributed by atoms with Gasteiger partial charge < -0.3 is 14.4 Å². The van der Waals surface area contributed by atoms with E-state index in [4.69, 9.17) is 9.47 Å². The van der Waals surface area contributed by atoms with Gasteiger partial charge in [0.2, 0.25) is 5.88 Å². The van der Waals surface area contributed by atoms with Gasteiger partial charge in [-0.25, -0.2) is 18.2 Å². The summed E-state index contributed by atoms with van der Waals surface area (Å²) in [5.74, 6) is -0.906. The molecule has 2 rings (SSSR count). The lowest BCUT2D eigenvalue weighted by atomic mass is 10.2. The van der Waals surface area contributed by atoms with E-state index < -0.39 is 28.3 Å².